The number of carbonyl (C=O) groups is 2. The predicted octanol–water partition coefficient (Wildman–Crippen LogP) is 2.93. The number of hydrogen-bond donors (Lipinski definition) is 3. The van der Waals surface area contributed by atoms with E-state index < -0.39 is 0 Å². The molecule has 0 radical (unpaired) electrons. The Balaban J connectivity index is 1.13. The van der Waals surface area contributed by atoms with Gasteiger partial charge in [-0.3, -0.25) is 4.79 Å². The van der Waals surface area contributed by atoms with Crippen molar-refractivity contribution in [3.05, 3.63) is 58.2 Å². The number of H-pyrrole nitrogens is 1. The standard InChI is InChI=1S/C22H21ClN4O4/c23-14-2-3-17-16(8-14)15-5-6-27(11-18(15)26-17)22(29)25-10-21(28)24-9-13-1-4-19-20(7-13)31-12-30-19/h1-4,7-8,26H,5-6,9-12H2,(H,24,28)(H,25,29). The lowest BCUT2D eigenvalue weighted by molar-refractivity contribution is -0.120. The zero-order chi connectivity index (χ0) is 21.4. The van der Waals surface area contributed by atoms with Crippen molar-refractivity contribution < 1.29 is 19.1 Å². The highest BCUT2D eigenvalue weighted by atomic mass is 35.5. The molecule has 2 aliphatic rings. The highest BCUT2D eigenvalue weighted by molar-refractivity contribution is 6.31. The molecule has 3 heterocycles. The van der Waals surface area contributed by atoms with Gasteiger partial charge in [0, 0.05) is 34.7 Å². The zero-order valence-corrected chi connectivity index (χ0v) is 17.4. The molecule has 3 N–H and O–H groups in total. The number of fused-ring (bicyclic) bond motifs is 4. The quantitative estimate of drug-likeness (QED) is 0.581. The Morgan fingerprint density at radius 3 is 2.87 bits per heavy atom. The summed E-state index contributed by atoms with van der Waals surface area (Å²) in [5.41, 5.74) is 4.11. The number of nitrogens with one attached hydrogen (secondary N) is 3. The first-order valence-corrected chi connectivity index (χ1v) is 10.4. The smallest absolute Gasteiger partial charge is 0.318 e. The van der Waals surface area contributed by atoms with Crippen LogP contribution >= 0.6 is 11.6 Å². The molecule has 0 spiro atoms. The maximum absolute atomic E-state index is 12.6. The first kappa shape index (κ1) is 19.6. The predicted molar refractivity (Wildman–Crippen MR) is 115 cm³/mol. The maximum atomic E-state index is 12.6. The van der Waals surface area contributed by atoms with Gasteiger partial charge in [0.15, 0.2) is 11.5 Å². The van der Waals surface area contributed by atoms with Gasteiger partial charge in [0.1, 0.15) is 0 Å². The molecule has 3 amide bonds. The number of amides is 3. The molecular formula is C22H21ClN4O4. The zero-order valence-electron chi connectivity index (χ0n) is 16.7. The highest BCUT2D eigenvalue weighted by Crippen LogP contribution is 2.32. The van der Waals surface area contributed by atoms with Gasteiger partial charge in [-0.25, -0.2) is 4.79 Å². The van der Waals surface area contributed by atoms with Crippen molar-refractivity contribution >= 4 is 34.4 Å². The van der Waals surface area contributed by atoms with Gasteiger partial charge in [0.2, 0.25) is 12.7 Å². The summed E-state index contributed by atoms with van der Waals surface area (Å²) in [4.78, 5) is 29.8. The van der Waals surface area contributed by atoms with Crippen molar-refractivity contribution in [2.24, 2.45) is 0 Å². The number of hydrogen-bond acceptors (Lipinski definition) is 4. The molecule has 160 valence electrons. The molecule has 2 aliphatic heterocycles. The molecule has 0 fully saturated rings. The van der Waals surface area contributed by atoms with Crippen molar-refractivity contribution in [3.63, 3.8) is 0 Å². The number of aromatic amines is 1. The number of rotatable bonds is 4. The molecule has 9 heteroatoms. The third kappa shape index (κ3) is 3.98. The van der Waals surface area contributed by atoms with Crippen LogP contribution in [0.1, 0.15) is 16.8 Å². The van der Waals surface area contributed by atoms with E-state index in [4.69, 9.17) is 21.1 Å². The third-order valence-electron chi connectivity index (χ3n) is 5.55. The summed E-state index contributed by atoms with van der Waals surface area (Å²) in [6.45, 7) is 1.51. The minimum Gasteiger partial charge on any atom is -0.454 e. The Kier molecular flexibility index (Phi) is 5.07. The largest absolute Gasteiger partial charge is 0.454 e. The summed E-state index contributed by atoms with van der Waals surface area (Å²) in [5.74, 6) is 1.11. The van der Waals surface area contributed by atoms with E-state index in [2.05, 4.69) is 15.6 Å². The van der Waals surface area contributed by atoms with E-state index in [1.165, 1.54) is 5.56 Å². The Hall–Kier alpha value is -3.39. The molecule has 0 saturated heterocycles. The van der Waals surface area contributed by atoms with E-state index in [0.29, 0.717) is 36.2 Å². The molecule has 0 atom stereocenters. The molecule has 3 aromatic rings. The Morgan fingerprint density at radius 2 is 1.97 bits per heavy atom. The first-order chi connectivity index (χ1) is 15.1. The molecule has 5 rings (SSSR count). The van der Waals surface area contributed by atoms with Crippen LogP contribution in [-0.4, -0.2) is 41.7 Å². The van der Waals surface area contributed by atoms with Crippen LogP contribution in [0, 0.1) is 0 Å². The SMILES string of the molecule is O=C(CNC(=O)N1CCc2c([nH]c3ccc(Cl)cc23)C1)NCc1ccc2c(c1)OCO2. The lowest BCUT2D eigenvalue weighted by Crippen LogP contribution is -2.46. The second kappa shape index (κ2) is 8.03. The van der Waals surface area contributed by atoms with E-state index in [1.807, 2.05) is 36.4 Å². The maximum Gasteiger partial charge on any atom is 0.318 e. The summed E-state index contributed by atoms with van der Waals surface area (Å²) in [6, 6.07) is 11.0. The molecule has 0 aliphatic carbocycles. The van der Waals surface area contributed by atoms with Crippen LogP contribution in [0.25, 0.3) is 10.9 Å². The van der Waals surface area contributed by atoms with E-state index in [0.717, 1.165) is 28.6 Å². The molecule has 2 aromatic carbocycles. The van der Waals surface area contributed by atoms with Gasteiger partial charge in [0.25, 0.3) is 0 Å². The van der Waals surface area contributed by atoms with Gasteiger partial charge in [-0.15, -0.1) is 0 Å². The Bertz CT molecular complexity index is 1180. The number of aromatic nitrogens is 1. The minimum absolute atomic E-state index is 0.0882. The van der Waals surface area contributed by atoms with Gasteiger partial charge in [-0.05, 0) is 47.9 Å². The van der Waals surface area contributed by atoms with Crippen LogP contribution in [0.2, 0.25) is 5.02 Å². The number of halogens is 1. The van der Waals surface area contributed by atoms with E-state index >= 15 is 0 Å². The minimum atomic E-state index is -0.263. The second-order valence-electron chi connectivity index (χ2n) is 7.57. The van der Waals surface area contributed by atoms with Gasteiger partial charge in [-0.1, -0.05) is 17.7 Å². The average Bonchev–Trinajstić information content (AvgIpc) is 3.39. The van der Waals surface area contributed by atoms with Crippen molar-refractivity contribution in [2.75, 3.05) is 19.9 Å². The van der Waals surface area contributed by atoms with Crippen molar-refractivity contribution in [2.45, 2.75) is 19.5 Å². The molecule has 31 heavy (non-hydrogen) atoms. The number of nitrogens with zero attached hydrogens (tertiary/aromatic N) is 1. The first-order valence-electron chi connectivity index (χ1n) is 10.0. The van der Waals surface area contributed by atoms with Crippen LogP contribution < -0.4 is 20.1 Å². The fourth-order valence-corrected chi connectivity index (χ4v) is 4.14. The second-order valence-corrected chi connectivity index (χ2v) is 8.00. The van der Waals surface area contributed by atoms with E-state index in [1.54, 1.807) is 4.90 Å². The fourth-order valence-electron chi connectivity index (χ4n) is 3.97. The third-order valence-corrected chi connectivity index (χ3v) is 5.79. The monoisotopic (exact) mass is 440 g/mol. The summed E-state index contributed by atoms with van der Waals surface area (Å²) in [5, 5.41) is 7.30. The average molecular weight is 441 g/mol. The van der Waals surface area contributed by atoms with Crippen LogP contribution in [0.4, 0.5) is 4.79 Å². The summed E-state index contributed by atoms with van der Waals surface area (Å²) >= 11 is 6.12. The number of benzene rings is 2. The van der Waals surface area contributed by atoms with Gasteiger partial charge in [-0.2, -0.15) is 0 Å². The number of urea groups is 1. The van der Waals surface area contributed by atoms with Gasteiger partial charge >= 0.3 is 6.03 Å². The van der Waals surface area contributed by atoms with Crippen LogP contribution in [0.5, 0.6) is 11.5 Å². The summed E-state index contributed by atoms with van der Waals surface area (Å²) in [6.07, 6.45) is 0.736. The normalized spacial score (nSPS) is 14.4. The van der Waals surface area contributed by atoms with E-state index in [9.17, 15) is 9.59 Å². The van der Waals surface area contributed by atoms with Crippen molar-refractivity contribution in [1.29, 1.82) is 0 Å². The summed E-state index contributed by atoms with van der Waals surface area (Å²) < 4.78 is 10.6. The highest BCUT2D eigenvalue weighted by Gasteiger charge is 2.24. The molecular weight excluding hydrogens is 420 g/mol. The summed E-state index contributed by atoms with van der Waals surface area (Å²) in [7, 11) is 0. The lowest BCUT2D eigenvalue weighted by atomic mass is 10.0. The number of carbonyl (C=O) groups excluding carboxylic acids is 2. The van der Waals surface area contributed by atoms with Gasteiger partial charge in [0.05, 0.1) is 13.1 Å². The van der Waals surface area contributed by atoms with Crippen molar-refractivity contribution in [1.82, 2.24) is 20.5 Å². The van der Waals surface area contributed by atoms with Gasteiger partial charge < -0.3 is 30.0 Å². The Labute approximate surface area is 183 Å². The molecule has 0 bridgehead atoms. The molecule has 1 aromatic heterocycles. The van der Waals surface area contributed by atoms with Crippen molar-refractivity contribution in [3.8, 4) is 11.5 Å². The fraction of sp³-hybridized carbons (Fsp3) is 0.273. The van der Waals surface area contributed by atoms with Crippen LogP contribution in [0.3, 0.4) is 0 Å². The molecule has 8 nitrogen and oxygen atoms in total. The number of ether oxygens (including phenoxy) is 2. The van der Waals surface area contributed by atoms with E-state index in [-0.39, 0.29) is 25.3 Å². The van der Waals surface area contributed by atoms with Crippen LogP contribution in [-0.2, 0) is 24.3 Å². The lowest BCUT2D eigenvalue weighted by Gasteiger charge is -2.27. The van der Waals surface area contributed by atoms with Crippen LogP contribution in [0.15, 0.2) is 36.4 Å². The topological polar surface area (TPSA) is 95.7 Å². The molecule has 0 unspecified atom stereocenters. The Morgan fingerprint density at radius 1 is 1.10 bits per heavy atom. The molecule has 0 saturated carbocycles.